The largest absolute Gasteiger partial charge is 0.493 e. The third-order valence-corrected chi connectivity index (χ3v) is 4.96. The van der Waals surface area contributed by atoms with E-state index in [0.29, 0.717) is 26.2 Å². The molecular formula is C18H22N2O3. The van der Waals surface area contributed by atoms with Crippen molar-refractivity contribution in [3.63, 3.8) is 0 Å². The van der Waals surface area contributed by atoms with Crippen LogP contribution < -0.4 is 4.74 Å². The Morgan fingerprint density at radius 1 is 1.04 bits per heavy atom. The number of aryl methyl sites for hydroxylation is 1. The summed E-state index contributed by atoms with van der Waals surface area (Å²) in [7, 11) is 0. The molecule has 2 aliphatic heterocycles. The van der Waals surface area contributed by atoms with Gasteiger partial charge in [-0.25, -0.2) is 0 Å². The zero-order valence-corrected chi connectivity index (χ0v) is 13.3. The van der Waals surface area contributed by atoms with Gasteiger partial charge in [-0.3, -0.25) is 9.59 Å². The predicted octanol–water partition coefficient (Wildman–Crippen LogP) is 1.71. The maximum absolute atomic E-state index is 12.7. The number of carbonyl (C=O) groups is 2. The summed E-state index contributed by atoms with van der Waals surface area (Å²) in [5, 5.41) is 0. The van der Waals surface area contributed by atoms with Crippen LogP contribution in [0.3, 0.4) is 0 Å². The molecule has 1 aliphatic carbocycles. The van der Waals surface area contributed by atoms with E-state index in [9.17, 15) is 9.59 Å². The first-order valence-corrected chi connectivity index (χ1v) is 8.56. The number of benzene rings is 1. The fourth-order valence-corrected chi connectivity index (χ4v) is 3.39. The molecule has 122 valence electrons. The number of ether oxygens (including phenoxy) is 1. The van der Waals surface area contributed by atoms with Gasteiger partial charge in [0.25, 0.3) is 5.91 Å². The van der Waals surface area contributed by atoms with Gasteiger partial charge in [-0.2, -0.15) is 0 Å². The first-order chi connectivity index (χ1) is 11.2. The molecule has 2 fully saturated rings. The molecule has 0 bridgehead atoms. The lowest BCUT2D eigenvalue weighted by Gasteiger charge is -2.35. The molecule has 5 nitrogen and oxygen atoms in total. The van der Waals surface area contributed by atoms with Crippen LogP contribution in [0, 0.1) is 5.92 Å². The third kappa shape index (κ3) is 2.92. The molecule has 1 saturated heterocycles. The van der Waals surface area contributed by atoms with E-state index in [2.05, 4.69) is 0 Å². The molecule has 23 heavy (non-hydrogen) atoms. The Bertz CT molecular complexity index is 631. The lowest BCUT2D eigenvalue weighted by atomic mass is 10.0. The Morgan fingerprint density at radius 2 is 1.78 bits per heavy atom. The molecule has 0 radical (unpaired) electrons. The average molecular weight is 314 g/mol. The number of hydrogen-bond acceptors (Lipinski definition) is 3. The Hall–Kier alpha value is -2.04. The van der Waals surface area contributed by atoms with Crippen molar-refractivity contribution in [1.29, 1.82) is 0 Å². The number of amides is 2. The fraction of sp³-hybridized carbons (Fsp3) is 0.556. The van der Waals surface area contributed by atoms with Gasteiger partial charge in [0.05, 0.1) is 6.61 Å². The Balaban J connectivity index is 1.40. The van der Waals surface area contributed by atoms with E-state index in [4.69, 9.17) is 4.74 Å². The lowest BCUT2D eigenvalue weighted by molar-refractivity contribution is -0.134. The van der Waals surface area contributed by atoms with E-state index >= 15 is 0 Å². The van der Waals surface area contributed by atoms with Crippen molar-refractivity contribution in [3.8, 4) is 5.75 Å². The highest BCUT2D eigenvalue weighted by Crippen LogP contribution is 2.31. The highest BCUT2D eigenvalue weighted by atomic mass is 16.5. The fourth-order valence-electron chi connectivity index (χ4n) is 3.39. The molecule has 0 unspecified atom stereocenters. The smallest absolute Gasteiger partial charge is 0.253 e. The molecule has 1 aromatic carbocycles. The maximum Gasteiger partial charge on any atom is 0.253 e. The molecule has 1 saturated carbocycles. The lowest BCUT2D eigenvalue weighted by Crippen LogP contribution is -2.51. The summed E-state index contributed by atoms with van der Waals surface area (Å²) in [4.78, 5) is 28.5. The monoisotopic (exact) mass is 314 g/mol. The quantitative estimate of drug-likeness (QED) is 0.835. The van der Waals surface area contributed by atoms with Gasteiger partial charge in [-0.05, 0) is 49.4 Å². The minimum atomic E-state index is 0.0666. The van der Waals surface area contributed by atoms with Gasteiger partial charge in [0, 0.05) is 37.7 Å². The summed E-state index contributed by atoms with van der Waals surface area (Å²) >= 11 is 0. The van der Waals surface area contributed by atoms with Crippen molar-refractivity contribution in [1.82, 2.24) is 9.80 Å². The average Bonchev–Trinajstić information content (AvgIpc) is 3.45. The van der Waals surface area contributed by atoms with Gasteiger partial charge in [-0.15, -0.1) is 0 Å². The Kier molecular flexibility index (Phi) is 3.71. The summed E-state index contributed by atoms with van der Waals surface area (Å²) < 4.78 is 5.60. The second kappa shape index (κ2) is 5.87. The summed E-state index contributed by atoms with van der Waals surface area (Å²) in [6.45, 7) is 3.34. The van der Waals surface area contributed by atoms with Gasteiger partial charge >= 0.3 is 0 Å². The van der Waals surface area contributed by atoms with Gasteiger partial charge in [0.1, 0.15) is 5.75 Å². The van der Waals surface area contributed by atoms with Crippen LogP contribution in [-0.4, -0.2) is 54.4 Å². The van der Waals surface area contributed by atoms with Gasteiger partial charge in [0.2, 0.25) is 5.91 Å². The summed E-state index contributed by atoms with van der Waals surface area (Å²) in [6, 6.07) is 5.74. The number of carbonyl (C=O) groups excluding carboxylic acids is 2. The molecule has 3 aliphatic rings. The number of nitrogens with zero attached hydrogens (tertiary/aromatic N) is 2. The van der Waals surface area contributed by atoms with Crippen LogP contribution in [0.15, 0.2) is 18.2 Å². The van der Waals surface area contributed by atoms with Crippen LogP contribution >= 0.6 is 0 Å². The van der Waals surface area contributed by atoms with Crippen LogP contribution in [0.1, 0.15) is 35.2 Å². The van der Waals surface area contributed by atoms with E-state index in [1.165, 1.54) is 0 Å². The predicted molar refractivity (Wildman–Crippen MR) is 85.5 cm³/mol. The standard InChI is InChI=1S/C18H22N2O3/c21-17(13-3-4-13)19-7-9-20(10-8-19)18(22)15-5-6-16-14(12-15)2-1-11-23-16/h5-6,12-13H,1-4,7-11H2. The highest BCUT2D eigenvalue weighted by molar-refractivity contribution is 5.95. The minimum Gasteiger partial charge on any atom is -0.493 e. The molecule has 5 heteroatoms. The number of piperazine rings is 1. The second-order valence-corrected chi connectivity index (χ2v) is 6.67. The van der Waals surface area contributed by atoms with Crippen molar-refractivity contribution < 1.29 is 14.3 Å². The van der Waals surface area contributed by atoms with Crippen LogP contribution in [0.4, 0.5) is 0 Å². The third-order valence-electron chi connectivity index (χ3n) is 4.96. The van der Waals surface area contributed by atoms with E-state index < -0.39 is 0 Å². The summed E-state index contributed by atoms with van der Waals surface area (Å²) in [6.07, 6.45) is 4.05. The molecule has 0 aromatic heterocycles. The zero-order chi connectivity index (χ0) is 15.8. The molecular weight excluding hydrogens is 292 g/mol. The highest BCUT2D eigenvalue weighted by Gasteiger charge is 2.35. The summed E-state index contributed by atoms with van der Waals surface area (Å²) in [5.41, 5.74) is 1.86. The Morgan fingerprint density at radius 3 is 2.52 bits per heavy atom. The zero-order valence-electron chi connectivity index (χ0n) is 13.3. The van der Waals surface area contributed by atoms with E-state index in [0.717, 1.165) is 49.2 Å². The van der Waals surface area contributed by atoms with E-state index in [1.807, 2.05) is 28.0 Å². The molecule has 0 atom stereocenters. The van der Waals surface area contributed by atoms with Crippen LogP contribution in [0.5, 0.6) is 5.75 Å². The topological polar surface area (TPSA) is 49.9 Å². The van der Waals surface area contributed by atoms with Crippen molar-refractivity contribution in [2.45, 2.75) is 25.7 Å². The van der Waals surface area contributed by atoms with Crippen molar-refractivity contribution in [3.05, 3.63) is 29.3 Å². The van der Waals surface area contributed by atoms with E-state index in [-0.39, 0.29) is 17.7 Å². The van der Waals surface area contributed by atoms with Gasteiger partial charge < -0.3 is 14.5 Å². The van der Waals surface area contributed by atoms with Gasteiger partial charge in [-0.1, -0.05) is 0 Å². The molecule has 2 heterocycles. The number of rotatable bonds is 2. The minimum absolute atomic E-state index is 0.0666. The van der Waals surface area contributed by atoms with Crippen molar-refractivity contribution >= 4 is 11.8 Å². The summed E-state index contributed by atoms with van der Waals surface area (Å²) in [5.74, 6) is 1.52. The first-order valence-electron chi connectivity index (χ1n) is 8.56. The maximum atomic E-state index is 12.7. The molecule has 4 rings (SSSR count). The van der Waals surface area contributed by atoms with Crippen LogP contribution in [0.25, 0.3) is 0 Å². The van der Waals surface area contributed by atoms with Crippen molar-refractivity contribution in [2.75, 3.05) is 32.8 Å². The first kappa shape index (κ1) is 14.5. The molecule has 0 N–H and O–H groups in total. The number of hydrogen-bond donors (Lipinski definition) is 0. The normalized spacial score (nSPS) is 20.7. The number of fused-ring (bicyclic) bond motifs is 1. The van der Waals surface area contributed by atoms with Crippen LogP contribution in [0.2, 0.25) is 0 Å². The Labute approximate surface area is 136 Å². The van der Waals surface area contributed by atoms with Gasteiger partial charge in [0.15, 0.2) is 0 Å². The van der Waals surface area contributed by atoms with Crippen molar-refractivity contribution in [2.24, 2.45) is 5.92 Å². The SMILES string of the molecule is O=C(c1ccc2c(c1)CCCO2)N1CCN(C(=O)C2CC2)CC1. The van der Waals surface area contributed by atoms with Crippen LogP contribution in [-0.2, 0) is 11.2 Å². The molecule has 0 spiro atoms. The van der Waals surface area contributed by atoms with E-state index in [1.54, 1.807) is 0 Å². The second-order valence-electron chi connectivity index (χ2n) is 6.67. The molecule has 1 aromatic rings. The molecule has 2 amide bonds.